The van der Waals surface area contributed by atoms with Gasteiger partial charge in [-0.2, -0.15) is 5.26 Å². The molecule has 0 saturated heterocycles. The van der Waals surface area contributed by atoms with E-state index in [1.165, 1.54) is 12.1 Å². The summed E-state index contributed by atoms with van der Waals surface area (Å²) in [6, 6.07) is 12.5. The second kappa shape index (κ2) is 5.63. The lowest BCUT2D eigenvalue weighted by atomic mass is 10.1. The van der Waals surface area contributed by atoms with Crippen molar-refractivity contribution in [3.8, 4) is 6.07 Å². The predicted octanol–water partition coefficient (Wildman–Crippen LogP) is 3.85. The van der Waals surface area contributed by atoms with Crippen LogP contribution in [0.1, 0.15) is 16.7 Å². The van der Waals surface area contributed by atoms with Crippen LogP contribution in [-0.2, 0) is 0 Å². The van der Waals surface area contributed by atoms with E-state index in [0.717, 1.165) is 16.8 Å². The fourth-order valence-electron chi connectivity index (χ4n) is 2.27. The van der Waals surface area contributed by atoms with Crippen molar-refractivity contribution in [1.29, 1.82) is 5.26 Å². The molecular weight excluding hydrogens is 266 g/mol. The Morgan fingerprint density at radius 3 is 2.24 bits per heavy atom. The number of nitriles is 1. The third-order valence-corrected chi connectivity index (χ3v) is 3.28. The van der Waals surface area contributed by atoms with Gasteiger partial charge in [-0.15, -0.1) is 0 Å². The van der Waals surface area contributed by atoms with E-state index in [1.54, 1.807) is 6.07 Å². The number of hydrogen-bond acceptors (Lipinski definition) is 4. The smallest absolute Gasteiger partial charge is 0.289 e. The van der Waals surface area contributed by atoms with Gasteiger partial charge in [-0.3, -0.25) is 10.1 Å². The number of aryl methyl sites for hydroxylation is 2. The van der Waals surface area contributed by atoms with E-state index in [9.17, 15) is 10.1 Å². The number of benzene rings is 2. The fraction of sp³-hybridized carbons (Fsp3) is 0.188. The third kappa shape index (κ3) is 3.00. The fourth-order valence-corrected chi connectivity index (χ4v) is 2.27. The van der Waals surface area contributed by atoms with Crippen LogP contribution in [0.4, 0.5) is 17.1 Å². The van der Waals surface area contributed by atoms with Gasteiger partial charge in [-0.05, 0) is 49.2 Å². The molecule has 0 aliphatic rings. The minimum Gasteiger partial charge on any atom is -0.344 e. The average Bonchev–Trinajstić information content (AvgIpc) is 2.44. The van der Waals surface area contributed by atoms with Gasteiger partial charge in [0.15, 0.2) is 0 Å². The predicted molar refractivity (Wildman–Crippen MR) is 81.8 cm³/mol. The van der Waals surface area contributed by atoms with Crippen LogP contribution >= 0.6 is 0 Å². The SMILES string of the molecule is Cc1cc(C)cc(N(C)c2ccc(C#N)c([N+](=O)[O-])c2)c1. The molecule has 5 heteroatoms. The highest BCUT2D eigenvalue weighted by Gasteiger charge is 2.16. The molecule has 0 unspecified atom stereocenters. The van der Waals surface area contributed by atoms with Gasteiger partial charge in [-0.1, -0.05) is 6.07 Å². The van der Waals surface area contributed by atoms with Crippen molar-refractivity contribution in [3.05, 3.63) is 63.2 Å². The molecule has 0 bridgehead atoms. The van der Waals surface area contributed by atoms with Crippen molar-refractivity contribution in [3.63, 3.8) is 0 Å². The maximum absolute atomic E-state index is 11.0. The molecule has 0 aliphatic heterocycles. The van der Waals surface area contributed by atoms with Gasteiger partial charge >= 0.3 is 0 Å². The van der Waals surface area contributed by atoms with Crippen molar-refractivity contribution >= 4 is 17.1 Å². The Morgan fingerprint density at radius 2 is 1.71 bits per heavy atom. The van der Waals surface area contributed by atoms with E-state index >= 15 is 0 Å². The van der Waals surface area contributed by atoms with Gasteiger partial charge in [-0.25, -0.2) is 0 Å². The molecule has 106 valence electrons. The van der Waals surface area contributed by atoms with E-state index in [4.69, 9.17) is 5.26 Å². The second-order valence-electron chi connectivity index (χ2n) is 4.98. The van der Waals surface area contributed by atoms with Gasteiger partial charge in [0.1, 0.15) is 11.6 Å². The van der Waals surface area contributed by atoms with Crippen LogP contribution in [0.15, 0.2) is 36.4 Å². The Balaban J connectivity index is 2.49. The first-order valence-electron chi connectivity index (χ1n) is 6.43. The minimum atomic E-state index is -0.530. The molecule has 0 spiro atoms. The number of nitro benzene ring substituents is 1. The number of hydrogen-bond donors (Lipinski definition) is 0. The van der Waals surface area contributed by atoms with Crippen molar-refractivity contribution in [2.75, 3.05) is 11.9 Å². The first kappa shape index (κ1) is 14.5. The normalized spacial score (nSPS) is 10.0. The molecule has 0 aliphatic carbocycles. The van der Waals surface area contributed by atoms with Crippen molar-refractivity contribution in [1.82, 2.24) is 0 Å². The van der Waals surface area contributed by atoms with E-state index in [2.05, 4.69) is 6.07 Å². The van der Waals surface area contributed by atoms with Crippen LogP contribution in [0, 0.1) is 35.3 Å². The zero-order valence-corrected chi connectivity index (χ0v) is 12.1. The number of nitro groups is 1. The Hall–Kier alpha value is -2.87. The monoisotopic (exact) mass is 281 g/mol. The van der Waals surface area contributed by atoms with Crippen molar-refractivity contribution < 1.29 is 4.92 Å². The van der Waals surface area contributed by atoms with Crippen LogP contribution in [-0.4, -0.2) is 12.0 Å². The van der Waals surface area contributed by atoms with Crippen LogP contribution in [0.25, 0.3) is 0 Å². The largest absolute Gasteiger partial charge is 0.344 e. The van der Waals surface area contributed by atoms with E-state index in [0.29, 0.717) is 5.69 Å². The molecule has 2 aromatic carbocycles. The lowest BCUT2D eigenvalue weighted by Gasteiger charge is -2.20. The van der Waals surface area contributed by atoms with Crippen LogP contribution in [0.5, 0.6) is 0 Å². The van der Waals surface area contributed by atoms with Crippen LogP contribution in [0.2, 0.25) is 0 Å². The Labute approximate surface area is 123 Å². The average molecular weight is 281 g/mol. The minimum absolute atomic E-state index is 0.0672. The highest BCUT2D eigenvalue weighted by atomic mass is 16.6. The quantitative estimate of drug-likeness (QED) is 0.633. The molecule has 21 heavy (non-hydrogen) atoms. The molecule has 0 fully saturated rings. The molecule has 0 aromatic heterocycles. The van der Waals surface area contributed by atoms with Gasteiger partial charge in [0.25, 0.3) is 5.69 Å². The van der Waals surface area contributed by atoms with E-state index in [-0.39, 0.29) is 11.3 Å². The van der Waals surface area contributed by atoms with Gasteiger partial charge in [0, 0.05) is 24.5 Å². The van der Waals surface area contributed by atoms with Crippen LogP contribution in [0.3, 0.4) is 0 Å². The lowest BCUT2D eigenvalue weighted by Crippen LogP contribution is -2.10. The summed E-state index contributed by atoms with van der Waals surface area (Å²) >= 11 is 0. The summed E-state index contributed by atoms with van der Waals surface area (Å²) in [6.07, 6.45) is 0. The highest BCUT2D eigenvalue weighted by molar-refractivity contribution is 5.68. The van der Waals surface area contributed by atoms with Gasteiger partial charge < -0.3 is 4.90 Å². The molecule has 0 atom stereocenters. The van der Waals surface area contributed by atoms with Gasteiger partial charge in [0.05, 0.1) is 4.92 Å². The topological polar surface area (TPSA) is 70.2 Å². The Morgan fingerprint density at radius 1 is 1.10 bits per heavy atom. The molecule has 0 N–H and O–H groups in total. The summed E-state index contributed by atoms with van der Waals surface area (Å²) in [6.45, 7) is 4.01. The highest BCUT2D eigenvalue weighted by Crippen LogP contribution is 2.30. The summed E-state index contributed by atoms with van der Waals surface area (Å²) in [4.78, 5) is 12.4. The number of rotatable bonds is 3. The van der Waals surface area contributed by atoms with Crippen LogP contribution < -0.4 is 4.90 Å². The molecule has 2 rings (SSSR count). The summed E-state index contributed by atoms with van der Waals surface area (Å²) in [5.41, 5.74) is 3.76. The summed E-state index contributed by atoms with van der Waals surface area (Å²) in [5, 5.41) is 20.0. The molecule has 0 radical (unpaired) electrons. The molecule has 0 saturated carbocycles. The molecular formula is C16H15N3O2. The summed E-state index contributed by atoms with van der Waals surface area (Å²) in [7, 11) is 1.85. The maximum Gasteiger partial charge on any atom is 0.289 e. The van der Waals surface area contributed by atoms with Crippen molar-refractivity contribution in [2.45, 2.75) is 13.8 Å². The Bertz CT molecular complexity index is 727. The molecule has 0 heterocycles. The third-order valence-electron chi connectivity index (χ3n) is 3.28. The first-order valence-corrected chi connectivity index (χ1v) is 6.43. The molecule has 5 nitrogen and oxygen atoms in total. The number of nitrogens with zero attached hydrogens (tertiary/aromatic N) is 3. The zero-order chi connectivity index (χ0) is 15.6. The van der Waals surface area contributed by atoms with Crippen molar-refractivity contribution in [2.24, 2.45) is 0 Å². The molecule has 0 amide bonds. The summed E-state index contributed by atoms with van der Waals surface area (Å²) in [5.74, 6) is 0. The molecule has 2 aromatic rings. The number of anilines is 2. The van der Waals surface area contributed by atoms with E-state index < -0.39 is 4.92 Å². The van der Waals surface area contributed by atoms with Gasteiger partial charge in [0.2, 0.25) is 0 Å². The van der Waals surface area contributed by atoms with E-state index in [1.807, 2.05) is 44.0 Å². The first-order chi connectivity index (χ1) is 9.92. The Kier molecular flexibility index (Phi) is 3.90. The standard InChI is InChI=1S/C16H15N3O2/c1-11-6-12(2)8-15(7-11)18(3)14-5-4-13(10-17)16(9-14)19(20)21/h4-9H,1-3H3. The lowest BCUT2D eigenvalue weighted by molar-refractivity contribution is -0.385. The maximum atomic E-state index is 11.0. The summed E-state index contributed by atoms with van der Waals surface area (Å²) < 4.78 is 0. The zero-order valence-electron chi connectivity index (χ0n) is 12.1. The second-order valence-corrected chi connectivity index (χ2v) is 4.98.